The maximum Gasteiger partial charge on any atom is 0.224 e. The van der Waals surface area contributed by atoms with E-state index in [0.717, 1.165) is 55.8 Å². The third-order valence-electron chi connectivity index (χ3n) is 6.58. The summed E-state index contributed by atoms with van der Waals surface area (Å²) in [6.07, 6.45) is 8.12. The normalized spacial score (nSPS) is 22.6. The van der Waals surface area contributed by atoms with Gasteiger partial charge in [0, 0.05) is 31.6 Å². The minimum absolute atomic E-state index is 0.0205. The Kier molecular flexibility index (Phi) is 6.14. The summed E-state index contributed by atoms with van der Waals surface area (Å²) in [7, 11) is 0. The minimum atomic E-state index is -0.0205. The number of benzene rings is 2. The topological polar surface area (TPSA) is 45.2 Å². The predicted octanol–water partition coefficient (Wildman–Crippen LogP) is 5.13. The summed E-state index contributed by atoms with van der Waals surface area (Å²) in [5.74, 6) is 0.364. The monoisotopic (exact) mass is 431 g/mol. The Bertz CT molecular complexity index is 1020. The van der Waals surface area contributed by atoms with E-state index >= 15 is 0 Å². The van der Waals surface area contributed by atoms with Crippen LogP contribution in [0.5, 0.6) is 0 Å². The van der Waals surface area contributed by atoms with E-state index in [1.54, 1.807) is 11.3 Å². The van der Waals surface area contributed by atoms with Crippen LogP contribution in [0.25, 0.3) is 10.2 Å². The van der Waals surface area contributed by atoms with E-state index in [1.165, 1.54) is 10.3 Å². The molecular weight excluding hydrogens is 402 g/mol. The molecule has 1 saturated heterocycles. The number of likely N-dealkylation sites (tertiary alicyclic amines) is 1. The SMILES string of the molecule is O=C(NC1CCN(Cc2ccccc2)CC1)C1CC=CCC1c1nc2ccccc2s1. The van der Waals surface area contributed by atoms with E-state index in [-0.39, 0.29) is 23.8 Å². The van der Waals surface area contributed by atoms with Crippen molar-refractivity contribution in [2.24, 2.45) is 5.92 Å². The number of nitrogens with one attached hydrogen (secondary N) is 1. The van der Waals surface area contributed by atoms with Gasteiger partial charge < -0.3 is 5.32 Å². The van der Waals surface area contributed by atoms with Crippen LogP contribution in [0.4, 0.5) is 0 Å². The highest BCUT2D eigenvalue weighted by atomic mass is 32.1. The summed E-state index contributed by atoms with van der Waals surface area (Å²) < 4.78 is 1.21. The number of rotatable bonds is 5. The Morgan fingerprint density at radius 3 is 2.55 bits per heavy atom. The molecule has 1 aliphatic carbocycles. The van der Waals surface area contributed by atoms with Crippen LogP contribution in [0.1, 0.15) is 42.2 Å². The summed E-state index contributed by atoms with van der Waals surface area (Å²) in [5.41, 5.74) is 2.40. The van der Waals surface area contributed by atoms with Gasteiger partial charge in [-0.25, -0.2) is 4.98 Å². The molecule has 1 aromatic heterocycles. The fourth-order valence-corrected chi connectivity index (χ4v) is 5.96. The number of aromatic nitrogens is 1. The first-order chi connectivity index (χ1) is 15.3. The number of allylic oxidation sites excluding steroid dienone is 2. The highest BCUT2D eigenvalue weighted by Crippen LogP contribution is 2.38. The van der Waals surface area contributed by atoms with Crippen LogP contribution in [0, 0.1) is 5.92 Å². The van der Waals surface area contributed by atoms with Crippen molar-refractivity contribution in [2.75, 3.05) is 13.1 Å². The number of thiazole rings is 1. The molecule has 5 heteroatoms. The summed E-state index contributed by atoms with van der Waals surface area (Å²) in [6.45, 7) is 3.06. The van der Waals surface area contributed by atoms with Crippen LogP contribution < -0.4 is 5.32 Å². The van der Waals surface area contributed by atoms with Gasteiger partial charge in [-0.15, -0.1) is 11.3 Å². The fourth-order valence-electron chi connectivity index (χ4n) is 4.81. The summed E-state index contributed by atoms with van der Waals surface area (Å²) >= 11 is 1.74. The Labute approximate surface area is 188 Å². The number of carbonyl (C=O) groups excluding carboxylic acids is 1. The van der Waals surface area contributed by atoms with E-state index in [4.69, 9.17) is 4.98 Å². The number of hydrogen-bond donors (Lipinski definition) is 1. The van der Waals surface area contributed by atoms with Gasteiger partial charge >= 0.3 is 0 Å². The third-order valence-corrected chi connectivity index (χ3v) is 7.75. The number of carbonyl (C=O) groups is 1. The molecule has 1 amide bonds. The lowest BCUT2D eigenvalue weighted by Crippen LogP contribution is -2.47. The largest absolute Gasteiger partial charge is 0.353 e. The summed E-state index contributed by atoms with van der Waals surface area (Å²) in [4.78, 5) is 20.6. The average molecular weight is 432 g/mol. The molecule has 0 radical (unpaired) electrons. The van der Waals surface area contributed by atoms with Crippen molar-refractivity contribution in [3.05, 3.63) is 77.3 Å². The molecule has 3 aromatic rings. The average Bonchev–Trinajstić information content (AvgIpc) is 3.25. The van der Waals surface area contributed by atoms with Crippen molar-refractivity contribution in [1.82, 2.24) is 15.2 Å². The van der Waals surface area contributed by atoms with Crippen molar-refractivity contribution in [1.29, 1.82) is 0 Å². The first-order valence-corrected chi connectivity index (χ1v) is 12.1. The fraction of sp³-hybridized carbons (Fsp3) is 0.385. The molecular formula is C26H29N3OS. The Morgan fingerprint density at radius 2 is 1.74 bits per heavy atom. The molecule has 2 aromatic carbocycles. The second kappa shape index (κ2) is 9.33. The molecule has 0 bridgehead atoms. The smallest absolute Gasteiger partial charge is 0.224 e. The van der Waals surface area contributed by atoms with Crippen LogP contribution in [-0.4, -0.2) is 34.9 Å². The molecule has 4 nitrogen and oxygen atoms in total. The molecule has 2 aliphatic rings. The lowest BCUT2D eigenvalue weighted by molar-refractivity contribution is -0.126. The molecule has 0 saturated carbocycles. The van der Waals surface area contributed by atoms with E-state index < -0.39 is 0 Å². The number of para-hydroxylation sites is 1. The molecule has 0 spiro atoms. The quantitative estimate of drug-likeness (QED) is 0.570. The molecule has 1 fully saturated rings. The zero-order valence-corrected chi connectivity index (χ0v) is 18.6. The summed E-state index contributed by atoms with van der Waals surface area (Å²) in [6, 6.07) is 19.2. The number of hydrogen-bond acceptors (Lipinski definition) is 4. The highest BCUT2D eigenvalue weighted by molar-refractivity contribution is 7.18. The summed E-state index contributed by atoms with van der Waals surface area (Å²) in [5, 5.41) is 4.48. The number of amides is 1. The molecule has 5 rings (SSSR count). The van der Waals surface area contributed by atoms with Crippen molar-refractivity contribution in [3.8, 4) is 0 Å². The van der Waals surface area contributed by atoms with E-state index in [9.17, 15) is 4.79 Å². The van der Waals surface area contributed by atoms with E-state index in [1.807, 2.05) is 6.07 Å². The Balaban J connectivity index is 1.20. The number of piperidine rings is 1. The van der Waals surface area contributed by atoms with Gasteiger partial charge in [0.15, 0.2) is 0 Å². The molecule has 2 atom stereocenters. The van der Waals surface area contributed by atoms with Crippen molar-refractivity contribution in [3.63, 3.8) is 0 Å². The van der Waals surface area contributed by atoms with Crippen molar-refractivity contribution in [2.45, 2.75) is 44.2 Å². The lowest BCUT2D eigenvalue weighted by atomic mass is 9.82. The molecule has 1 aliphatic heterocycles. The van der Waals surface area contributed by atoms with Gasteiger partial charge in [0.25, 0.3) is 0 Å². The maximum absolute atomic E-state index is 13.3. The van der Waals surface area contributed by atoms with Crippen LogP contribution in [0.3, 0.4) is 0 Å². The van der Waals surface area contributed by atoms with Crippen LogP contribution >= 0.6 is 11.3 Å². The minimum Gasteiger partial charge on any atom is -0.353 e. The van der Waals surface area contributed by atoms with E-state index in [0.29, 0.717) is 0 Å². The first kappa shape index (κ1) is 20.4. The molecule has 1 N–H and O–H groups in total. The zero-order chi connectivity index (χ0) is 21.0. The lowest BCUT2D eigenvalue weighted by Gasteiger charge is -2.34. The molecule has 2 unspecified atom stereocenters. The maximum atomic E-state index is 13.3. The molecule has 160 valence electrons. The zero-order valence-electron chi connectivity index (χ0n) is 17.7. The van der Waals surface area contributed by atoms with Gasteiger partial charge in [0.2, 0.25) is 5.91 Å². The van der Waals surface area contributed by atoms with Gasteiger partial charge in [0.1, 0.15) is 0 Å². The molecule has 31 heavy (non-hydrogen) atoms. The second-order valence-electron chi connectivity index (χ2n) is 8.72. The predicted molar refractivity (Wildman–Crippen MR) is 127 cm³/mol. The second-order valence-corrected chi connectivity index (χ2v) is 9.78. The Morgan fingerprint density at radius 1 is 1.00 bits per heavy atom. The van der Waals surface area contributed by atoms with Crippen LogP contribution in [0.15, 0.2) is 66.7 Å². The third kappa shape index (κ3) is 4.73. The standard InChI is InChI=1S/C26H29N3OS/c30-25(27-20-14-16-29(17-15-20)18-19-8-2-1-3-9-19)21-10-4-5-11-22(21)26-28-23-12-6-7-13-24(23)31-26/h1-9,12-13,20-22H,10-11,14-18H2,(H,27,30). The Hall–Kier alpha value is -2.50. The van der Waals surface area contributed by atoms with Crippen LogP contribution in [-0.2, 0) is 11.3 Å². The van der Waals surface area contributed by atoms with Gasteiger partial charge in [0.05, 0.1) is 21.1 Å². The van der Waals surface area contributed by atoms with Gasteiger partial charge in [-0.05, 0) is 43.4 Å². The van der Waals surface area contributed by atoms with E-state index in [2.05, 4.69) is 70.9 Å². The van der Waals surface area contributed by atoms with Crippen molar-refractivity contribution < 1.29 is 4.79 Å². The van der Waals surface area contributed by atoms with Gasteiger partial charge in [-0.3, -0.25) is 9.69 Å². The number of nitrogens with zero attached hydrogens (tertiary/aromatic N) is 2. The first-order valence-electron chi connectivity index (χ1n) is 11.3. The van der Waals surface area contributed by atoms with Gasteiger partial charge in [-0.1, -0.05) is 54.6 Å². The van der Waals surface area contributed by atoms with Crippen molar-refractivity contribution >= 4 is 27.5 Å². The number of fused-ring (bicyclic) bond motifs is 1. The van der Waals surface area contributed by atoms with Gasteiger partial charge in [-0.2, -0.15) is 0 Å². The van der Waals surface area contributed by atoms with Crippen LogP contribution in [0.2, 0.25) is 0 Å². The molecule has 2 heterocycles. The highest BCUT2D eigenvalue weighted by Gasteiger charge is 2.33.